The van der Waals surface area contributed by atoms with Gasteiger partial charge in [-0.3, -0.25) is 10.1 Å². The van der Waals surface area contributed by atoms with Crippen LogP contribution in [0, 0.1) is 17.0 Å². The molecule has 2 aromatic rings. The zero-order valence-corrected chi connectivity index (χ0v) is 14.7. The Bertz CT molecular complexity index is 844. The average Bonchev–Trinajstić information content (AvgIpc) is 2.65. The molecule has 0 fully saturated rings. The van der Waals surface area contributed by atoms with E-state index in [0.717, 1.165) is 11.1 Å². The molecule has 0 unspecified atom stereocenters. The van der Waals surface area contributed by atoms with Crippen molar-refractivity contribution in [2.75, 3.05) is 14.2 Å². The van der Waals surface area contributed by atoms with E-state index in [0.29, 0.717) is 17.1 Å². The van der Waals surface area contributed by atoms with Crippen molar-refractivity contribution in [3.8, 4) is 11.5 Å². The van der Waals surface area contributed by atoms with Crippen LogP contribution in [0.25, 0.3) is 6.08 Å². The monoisotopic (exact) mass is 357 g/mol. The van der Waals surface area contributed by atoms with Crippen LogP contribution in [-0.2, 0) is 16.1 Å². The minimum Gasteiger partial charge on any atom is -0.493 e. The summed E-state index contributed by atoms with van der Waals surface area (Å²) in [6.07, 6.45) is 2.91. The first-order valence-electron chi connectivity index (χ1n) is 7.76. The number of nitro groups is 1. The maximum Gasteiger partial charge on any atom is 0.330 e. The minimum atomic E-state index is -0.453. The van der Waals surface area contributed by atoms with Crippen LogP contribution in [0.15, 0.2) is 42.5 Å². The van der Waals surface area contributed by atoms with Crippen molar-refractivity contribution in [2.24, 2.45) is 0 Å². The van der Waals surface area contributed by atoms with E-state index in [9.17, 15) is 14.9 Å². The Labute approximate surface area is 151 Å². The molecule has 2 rings (SSSR count). The van der Waals surface area contributed by atoms with Crippen LogP contribution in [0.1, 0.15) is 16.7 Å². The summed E-state index contributed by atoms with van der Waals surface area (Å²) in [5, 5.41) is 11.0. The number of hydrogen-bond donors (Lipinski definition) is 0. The van der Waals surface area contributed by atoms with Crippen LogP contribution in [0.4, 0.5) is 5.69 Å². The van der Waals surface area contributed by atoms with E-state index in [-0.39, 0.29) is 12.3 Å². The SMILES string of the molecule is COC(=O)/C=C/c1ccc(OCc2cccc([N+](=O)[O-])c2C)c(OC)c1. The molecule has 0 atom stereocenters. The first-order valence-corrected chi connectivity index (χ1v) is 7.76. The fourth-order valence-electron chi connectivity index (χ4n) is 2.32. The molecule has 0 heterocycles. The molecule has 0 saturated carbocycles. The van der Waals surface area contributed by atoms with Gasteiger partial charge in [-0.05, 0) is 36.3 Å². The Morgan fingerprint density at radius 1 is 1.19 bits per heavy atom. The number of nitrogens with zero attached hydrogens (tertiary/aromatic N) is 1. The lowest BCUT2D eigenvalue weighted by Crippen LogP contribution is -2.02. The zero-order valence-electron chi connectivity index (χ0n) is 14.7. The molecule has 0 aliphatic rings. The smallest absolute Gasteiger partial charge is 0.330 e. The predicted molar refractivity (Wildman–Crippen MR) is 96.2 cm³/mol. The highest BCUT2D eigenvalue weighted by Gasteiger charge is 2.14. The van der Waals surface area contributed by atoms with E-state index in [1.165, 1.54) is 26.4 Å². The van der Waals surface area contributed by atoms with Crippen molar-refractivity contribution in [1.82, 2.24) is 0 Å². The summed E-state index contributed by atoms with van der Waals surface area (Å²) in [4.78, 5) is 21.8. The van der Waals surface area contributed by atoms with Gasteiger partial charge in [-0.1, -0.05) is 18.2 Å². The summed E-state index contributed by atoms with van der Waals surface area (Å²) < 4.78 is 15.6. The Morgan fingerprint density at radius 3 is 2.62 bits per heavy atom. The van der Waals surface area contributed by atoms with Crippen molar-refractivity contribution >= 4 is 17.7 Å². The number of benzene rings is 2. The molecule has 136 valence electrons. The third kappa shape index (κ3) is 4.60. The Kier molecular flexibility index (Phi) is 6.32. The van der Waals surface area contributed by atoms with Gasteiger partial charge in [0.25, 0.3) is 5.69 Å². The number of hydrogen-bond acceptors (Lipinski definition) is 6. The molecular formula is C19H19NO6. The first kappa shape index (κ1) is 19.0. The molecule has 7 nitrogen and oxygen atoms in total. The van der Waals surface area contributed by atoms with E-state index in [1.54, 1.807) is 43.3 Å². The van der Waals surface area contributed by atoms with Crippen molar-refractivity contribution < 1.29 is 23.9 Å². The quantitative estimate of drug-likeness (QED) is 0.325. The highest BCUT2D eigenvalue weighted by atomic mass is 16.6. The molecule has 0 bridgehead atoms. The van der Waals surface area contributed by atoms with Crippen LogP contribution in [-0.4, -0.2) is 25.1 Å². The lowest BCUT2D eigenvalue weighted by Gasteiger charge is -2.12. The number of nitro benzene ring substituents is 1. The van der Waals surface area contributed by atoms with Crippen LogP contribution < -0.4 is 9.47 Å². The molecule has 7 heteroatoms. The van der Waals surface area contributed by atoms with Crippen molar-refractivity contribution in [3.63, 3.8) is 0 Å². The van der Waals surface area contributed by atoms with E-state index in [2.05, 4.69) is 4.74 Å². The third-order valence-corrected chi connectivity index (χ3v) is 3.80. The number of carbonyl (C=O) groups is 1. The van der Waals surface area contributed by atoms with Gasteiger partial charge in [0.05, 0.1) is 19.1 Å². The zero-order chi connectivity index (χ0) is 19.1. The highest BCUT2D eigenvalue weighted by molar-refractivity contribution is 5.87. The largest absolute Gasteiger partial charge is 0.493 e. The van der Waals surface area contributed by atoms with Crippen LogP contribution >= 0.6 is 0 Å². The molecule has 0 aromatic heterocycles. The molecule has 26 heavy (non-hydrogen) atoms. The number of carbonyl (C=O) groups excluding carboxylic acids is 1. The van der Waals surface area contributed by atoms with Gasteiger partial charge >= 0.3 is 5.97 Å². The second-order valence-electron chi connectivity index (χ2n) is 5.37. The van der Waals surface area contributed by atoms with Crippen molar-refractivity contribution in [2.45, 2.75) is 13.5 Å². The molecular weight excluding hydrogens is 338 g/mol. The van der Waals surface area contributed by atoms with Gasteiger partial charge in [0.2, 0.25) is 0 Å². The van der Waals surface area contributed by atoms with Gasteiger partial charge in [-0.2, -0.15) is 0 Å². The second kappa shape index (κ2) is 8.66. The molecule has 0 spiro atoms. The normalized spacial score (nSPS) is 10.6. The first-order chi connectivity index (χ1) is 12.5. The van der Waals surface area contributed by atoms with Crippen LogP contribution in [0.2, 0.25) is 0 Å². The molecule has 0 saturated heterocycles. The predicted octanol–water partition coefficient (Wildman–Crippen LogP) is 3.68. The Hall–Kier alpha value is -3.35. The van der Waals surface area contributed by atoms with Gasteiger partial charge in [-0.15, -0.1) is 0 Å². The summed E-state index contributed by atoms with van der Waals surface area (Å²) in [5.41, 5.74) is 2.08. The Morgan fingerprint density at radius 2 is 1.96 bits per heavy atom. The minimum absolute atomic E-state index is 0.0568. The average molecular weight is 357 g/mol. The van der Waals surface area contributed by atoms with Crippen LogP contribution in [0.3, 0.4) is 0 Å². The van der Waals surface area contributed by atoms with Gasteiger partial charge in [-0.25, -0.2) is 4.79 Å². The van der Waals surface area contributed by atoms with E-state index in [1.807, 2.05) is 0 Å². The summed E-state index contributed by atoms with van der Waals surface area (Å²) in [7, 11) is 2.81. The Balaban J connectivity index is 2.17. The summed E-state index contributed by atoms with van der Waals surface area (Å²) in [5.74, 6) is 0.527. The van der Waals surface area contributed by atoms with E-state index in [4.69, 9.17) is 9.47 Å². The van der Waals surface area contributed by atoms with Gasteiger partial charge in [0.15, 0.2) is 11.5 Å². The summed E-state index contributed by atoms with van der Waals surface area (Å²) in [6, 6.07) is 10.1. The maximum atomic E-state index is 11.2. The van der Waals surface area contributed by atoms with Crippen molar-refractivity contribution in [1.29, 1.82) is 0 Å². The molecule has 0 amide bonds. The van der Waals surface area contributed by atoms with Crippen LogP contribution in [0.5, 0.6) is 11.5 Å². The maximum absolute atomic E-state index is 11.2. The lowest BCUT2D eigenvalue weighted by molar-refractivity contribution is -0.385. The molecule has 0 aliphatic carbocycles. The number of esters is 1. The van der Waals surface area contributed by atoms with Gasteiger partial charge in [0.1, 0.15) is 6.61 Å². The molecule has 0 radical (unpaired) electrons. The summed E-state index contributed by atoms with van der Waals surface area (Å²) in [6.45, 7) is 1.86. The molecule has 2 aromatic carbocycles. The third-order valence-electron chi connectivity index (χ3n) is 3.80. The number of methoxy groups -OCH3 is 2. The number of rotatable bonds is 7. The van der Waals surface area contributed by atoms with Crippen molar-refractivity contribution in [3.05, 3.63) is 69.3 Å². The summed E-state index contributed by atoms with van der Waals surface area (Å²) >= 11 is 0. The van der Waals surface area contributed by atoms with E-state index >= 15 is 0 Å². The molecule has 0 aliphatic heterocycles. The second-order valence-corrected chi connectivity index (χ2v) is 5.37. The topological polar surface area (TPSA) is 87.9 Å². The van der Waals surface area contributed by atoms with Gasteiger partial charge < -0.3 is 14.2 Å². The van der Waals surface area contributed by atoms with Gasteiger partial charge in [0, 0.05) is 17.7 Å². The van der Waals surface area contributed by atoms with E-state index < -0.39 is 10.9 Å². The highest BCUT2D eigenvalue weighted by Crippen LogP contribution is 2.30. The number of ether oxygens (including phenoxy) is 3. The standard InChI is InChI=1S/C19H19NO6/c1-13-15(5-4-6-16(13)20(22)23)12-26-17-9-7-14(11-18(17)24-2)8-10-19(21)25-3/h4-11H,12H2,1-3H3/b10-8+. The lowest BCUT2D eigenvalue weighted by atomic mass is 10.1. The molecule has 0 N–H and O–H groups in total. The fraction of sp³-hybridized carbons (Fsp3) is 0.211. The fourth-order valence-corrected chi connectivity index (χ4v) is 2.32.